The molecule has 0 saturated carbocycles. The third-order valence-corrected chi connectivity index (χ3v) is 6.11. The number of nitrogens with one attached hydrogen (secondary N) is 1. The molecule has 1 aromatic heterocycles. The molecule has 0 radical (unpaired) electrons. The highest BCUT2D eigenvalue weighted by Crippen LogP contribution is 2.22. The van der Waals surface area contributed by atoms with Gasteiger partial charge in [-0.15, -0.1) is 11.3 Å². The number of ether oxygens (including phenoxy) is 1. The fraction of sp³-hybridized carbons (Fsp3) is 0.381. The van der Waals surface area contributed by atoms with E-state index in [-0.39, 0.29) is 17.9 Å². The maximum absolute atomic E-state index is 12.7. The molecule has 4 rings (SSSR count). The molecular formula is C21H23N3O4S. The van der Waals surface area contributed by atoms with Crippen LogP contribution < -0.4 is 10.2 Å². The third-order valence-electron chi connectivity index (χ3n) is 5.23. The van der Waals surface area contributed by atoms with Crippen LogP contribution in [0.25, 0.3) is 0 Å². The minimum atomic E-state index is -0.417. The Hall–Kier alpha value is -2.87. The largest absolute Gasteiger partial charge is 0.447 e. The first-order chi connectivity index (χ1) is 14.1. The van der Waals surface area contributed by atoms with Crippen molar-refractivity contribution in [3.63, 3.8) is 0 Å². The van der Waals surface area contributed by atoms with Gasteiger partial charge in [0.1, 0.15) is 12.6 Å². The topological polar surface area (TPSA) is 79.0 Å². The molecule has 3 amide bonds. The highest BCUT2D eigenvalue weighted by atomic mass is 32.1. The minimum Gasteiger partial charge on any atom is -0.447 e. The average molecular weight is 413 g/mol. The number of hydrogen-bond donors (Lipinski definition) is 1. The van der Waals surface area contributed by atoms with Gasteiger partial charge in [0, 0.05) is 23.7 Å². The van der Waals surface area contributed by atoms with Gasteiger partial charge in [0.25, 0.3) is 0 Å². The molecule has 1 atom stereocenters. The Morgan fingerprint density at radius 1 is 1.21 bits per heavy atom. The molecule has 2 aliphatic rings. The first kappa shape index (κ1) is 19.4. The average Bonchev–Trinajstić information content (AvgIpc) is 3.48. The standard InChI is InChI=1S/C21H23N3O4S/c25-19(13-17-6-3-11-29-17)24-8-2-7-18(24)20(26)22-14-15-4-1-5-16(12-15)23-9-10-28-21(23)27/h1,3-6,11-12,18H,2,7-10,13-14H2,(H,22,26). The van der Waals surface area contributed by atoms with Gasteiger partial charge in [-0.3, -0.25) is 14.5 Å². The van der Waals surface area contributed by atoms with E-state index in [9.17, 15) is 14.4 Å². The second-order valence-corrected chi connectivity index (χ2v) is 8.19. The van der Waals surface area contributed by atoms with E-state index in [1.54, 1.807) is 21.1 Å². The first-order valence-corrected chi connectivity index (χ1v) is 10.6. The molecule has 2 fully saturated rings. The van der Waals surface area contributed by atoms with Crippen LogP contribution in [0.3, 0.4) is 0 Å². The molecule has 0 spiro atoms. The van der Waals surface area contributed by atoms with Crippen molar-refractivity contribution in [2.75, 3.05) is 24.6 Å². The van der Waals surface area contributed by atoms with Crippen molar-refractivity contribution in [1.29, 1.82) is 0 Å². The SMILES string of the molecule is O=C(NCc1cccc(N2CCOC2=O)c1)C1CCCN1C(=O)Cc1cccs1. The quantitative estimate of drug-likeness (QED) is 0.789. The Bertz CT molecular complexity index is 899. The van der Waals surface area contributed by atoms with Gasteiger partial charge in [-0.25, -0.2) is 4.79 Å². The number of nitrogens with zero attached hydrogens (tertiary/aromatic N) is 2. The molecule has 2 aromatic rings. The second-order valence-electron chi connectivity index (χ2n) is 7.16. The zero-order valence-electron chi connectivity index (χ0n) is 16.0. The van der Waals surface area contributed by atoms with Gasteiger partial charge in [0.05, 0.1) is 13.0 Å². The Morgan fingerprint density at radius 2 is 2.10 bits per heavy atom. The lowest BCUT2D eigenvalue weighted by atomic mass is 10.1. The molecule has 1 unspecified atom stereocenters. The van der Waals surface area contributed by atoms with Crippen LogP contribution in [-0.4, -0.2) is 48.5 Å². The number of benzene rings is 1. The number of carbonyl (C=O) groups is 3. The summed E-state index contributed by atoms with van der Waals surface area (Å²) in [6.45, 7) is 1.88. The number of likely N-dealkylation sites (tertiary alicyclic amines) is 1. The van der Waals surface area contributed by atoms with E-state index in [1.807, 2.05) is 41.8 Å². The van der Waals surface area contributed by atoms with Gasteiger partial charge in [0.2, 0.25) is 11.8 Å². The van der Waals surface area contributed by atoms with Crippen LogP contribution in [0.1, 0.15) is 23.3 Å². The number of anilines is 1. The summed E-state index contributed by atoms with van der Waals surface area (Å²) in [6, 6.07) is 10.9. The van der Waals surface area contributed by atoms with Crippen molar-refractivity contribution in [3.05, 3.63) is 52.2 Å². The van der Waals surface area contributed by atoms with Crippen molar-refractivity contribution < 1.29 is 19.1 Å². The van der Waals surface area contributed by atoms with Crippen LogP contribution >= 0.6 is 11.3 Å². The zero-order chi connectivity index (χ0) is 20.2. The van der Waals surface area contributed by atoms with Crippen LogP contribution in [0, 0.1) is 0 Å². The van der Waals surface area contributed by atoms with Gasteiger partial charge < -0.3 is 15.0 Å². The summed E-state index contributed by atoms with van der Waals surface area (Å²) in [4.78, 5) is 41.4. The monoisotopic (exact) mass is 413 g/mol. The number of carbonyl (C=O) groups excluding carboxylic acids is 3. The van der Waals surface area contributed by atoms with Crippen LogP contribution in [-0.2, 0) is 27.3 Å². The molecule has 3 heterocycles. The summed E-state index contributed by atoms with van der Waals surface area (Å²) in [6.07, 6.45) is 1.51. The number of cyclic esters (lactones) is 1. The van der Waals surface area contributed by atoms with E-state index in [0.717, 1.165) is 22.5 Å². The number of amides is 3. The Morgan fingerprint density at radius 3 is 2.86 bits per heavy atom. The van der Waals surface area contributed by atoms with Gasteiger partial charge >= 0.3 is 6.09 Å². The van der Waals surface area contributed by atoms with Gasteiger partial charge in [-0.2, -0.15) is 0 Å². The van der Waals surface area contributed by atoms with Gasteiger partial charge in [-0.1, -0.05) is 18.2 Å². The molecule has 8 heteroatoms. The predicted molar refractivity (Wildman–Crippen MR) is 110 cm³/mol. The Kier molecular flexibility index (Phi) is 5.80. The van der Waals surface area contributed by atoms with Crippen molar-refractivity contribution in [1.82, 2.24) is 10.2 Å². The van der Waals surface area contributed by atoms with E-state index in [4.69, 9.17) is 4.74 Å². The second kappa shape index (κ2) is 8.65. The summed E-state index contributed by atoms with van der Waals surface area (Å²) in [5.74, 6) is -0.132. The van der Waals surface area contributed by atoms with E-state index in [2.05, 4.69) is 5.32 Å². The third kappa shape index (κ3) is 4.42. The lowest BCUT2D eigenvalue weighted by Crippen LogP contribution is -2.46. The van der Waals surface area contributed by atoms with Gasteiger partial charge in [0.15, 0.2) is 0 Å². The molecule has 2 saturated heterocycles. The molecule has 1 aromatic carbocycles. The van der Waals surface area contributed by atoms with E-state index in [1.165, 1.54) is 0 Å². The van der Waals surface area contributed by atoms with Crippen LogP contribution in [0.15, 0.2) is 41.8 Å². The number of hydrogen-bond acceptors (Lipinski definition) is 5. The molecule has 7 nitrogen and oxygen atoms in total. The first-order valence-electron chi connectivity index (χ1n) is 9.74. The molecular weight excluding hydrogens is 390 g/mol. The normalized spacial score (nSPS) is 18.8. The molecule has 0 bridgehead atoms. The molecule has 29 heavy (non-hydrogen) atoms. The highest BCUT2D eigenvalue weighted by Gasteiger charge is 2.33. The zero-order valence-corrected chi connectivity index (χ0v) is 16.8. The minimum absolute atomic E-state index is 0.000330. The van der Waals surface area contributed by atoms with Crippen molar-refractivity contribution in [3.8, 4) is 0 Å². The molecule has 0 aliphatic carbocycles. The maximum Gasteiger partial charge on any atom is 0.414 e. The Balaban J connectivity index is 1.35. The number of rotatable bonds is 6. The summed E-state index contributed by atoms with van der Waals surface area (Å²) >= 11 is 1.55. The summed E-state index contributed by atoms with van der Waals surface area (Å²) < 4.78 is 4.98. The smallest absolute Gasteiger partial charge is 0.414 e. The molecule has 2 aliphatic heterocycles. The van der Waals surface area contributed by atoms with E-state index in [0.29, 0.717) is 39.1 Å². The highest BCUT2D eigenvalue weighted by molar-refractivity contribution is 7.10. The fourth-order valence-corrected chi connectivity index (χ4v) is 4.47. The number of thiophene rings is 1. The lowest BCUT2D eigenvalue weighted by molar-refractivity contribution is -0.138. The van der Waals surface area contributed by atoms with E-state index < -0.39 is 6.04 Å². The fourth-order valence-electron chi connectivity index (χ4n) is 3.77. The lowest BCUT2D eigenvalue weighted by Gasteiger charge is -2.24. The predicted octanol–water partition coefficient (Wildman–Crippen LogP) is 2.55. The summed E-state index contributed by atoms with van der Waals surface area (Å²) in [5.41, 5.74) is 1.65. The summed E-state index contributed by atoms with van der Waals surface area (Å²) in [7, 11) is 0. The van der Waals surface area contributed by atoms with Gasteiger partial charge in [-0.05, 0) is 42.0 Å². The van der Waals surface area contributed by atoms with Crippen molar-refractivity contribution in [2.24, 2.45) is 0 Å². The van der Waals surface area contributed by atoms with Crippen molar-refractivity contribution >= 4 is 34.9 Å². The van der Waals surface area contributed by atoms with Crippen molar-refractivity contribution in [2.45, 2.75) is 31.8 Å². The van der Waals surface area contributed by atoms with Crippen LogP contribution in [0.5, 0.6) is 0 Å². The maximum atomic E-state index is 12.7. The van der Waals surface area contributed by atoms with E-state index >= 15 is 0 Å². The molecule has 1 N–H and O–H groups in total. The Labute approximate surface area is 173 Å². The van der Waals surface area contributed by atoms with Crippen LogP contribution in [0.2, 0.25) is 0 Å². The van der Waals surface area contributed by atoms with Crippen LogP contribution in [0.4, 0.5) is 10.5 Å². The molecule has 152 valence electrons. The summed E-state index contributed by atoms with van der Waals surface area (Å²) in [5, 5.41) is 4.90.